The third kappa shape index (κ3) is 5.24. The van der Waals surface area contributed by atoms with Crippen molar-refractivity contribution in [3.63, 3.8) is 0 Å². The van der Waals surface area contributed by atoms with Crippen LogP contribution in [0.25, 0.3) is 0 Å². The molecule has 182 valence electrons. The Hall–Kier alpha value is -3.20. The number of amides is 2. The second-order valence-corrected chi connectivity index (χ2v) is 10.3. The topological polar surface area (TPSA) is 92.8 Å². The fourth-order valence-electron chi connectivity index (χ4n) is 3.95. The predicted molar refractivity (Wildman–Crippen MR) is 134 cm³/mol. The van der Waals surface area contributed by atoms with Crippen LogP contribution in [0.5, 0.6) is 0 Å². The summed E-state index contributed by atoms with van der Waals surface area (Å²) in [5.41, 5.74) is 1.20. The standard InChI is InChI=1S/C26H25ClN2O5S/c1-2-34-14-6-13-28-25(30)19-11-12-24-22(16-19)29(17-18-7-5-8-20(27)15-18)26(31)21-9-3-4-10-23(21)35(24,32)33/h3-5,7-12,15-16H,2,6,13-14,17H2,1H3,(H,28,30). The molecule has 0 bridgehead atoms. The van der Waals surface area contributed by atoms with Gasteiger partial charge in [0, 0.05) is 30.3 Å². The Morgan fingerprint density at radius 3 is 2.60 bits per heavy atom. The average Bonchev–Trinajstić information content (AvgIpc) is 2.92. The van der Waals surface area contributed by atoms with Crippen LogP contribution in [-0.4, -0.2) is 40.0 Å². The van der Waals surface area contributed by atoms with E-state index in [2.05, 4.69) is 5.32 Å². The highest BCUT2D eigenvalue weighted by molar-refractivity contribution is 7.91. The van der Waals surface area contributed by atoms with E-state index < -0.39 is 15.7 Å². The largest absolute Gasteiger partial charge is 0.382 e. The van der Waals surface area contributed by atoms with Gasteiger partial charge in [0.2, 0.25) is 9.84 Å². The first-order valence-electron chi connectivity index (χ1n) is 11.2. The van der Waals surface area contributed by atoms with E-state index in [9.17, 15) is 18.0 Å². The summed E-state index contributed by atoms with van der Waals surface area (Å²) in [4.78, 5) is 27.7. The van der Waals surface area contributed by atoms with Gasteiger partial charge in [-0.05, 0) is 61.4 Å². The molecule has 0 atom stereocenters. The first-order chi connectivity index (χ1) is 16.8. The van der Waals surface area contributed by atoms with E-state index in [4.69, 9.17) is 16.3 Å². The third-order valence-electron chi connectivity index (χ3n) is 5.64. The molecule has 9 heteroatoms. The second-order valence-electron chi connectivity index (χ2n) is 8.01. The molecule has 4 rings (SSSR count). The summed E-state index contributed by atoms with van der Waals surface area (Å²) < 4.78 is 32.4. The fraction of sp³-hybridized carbons (Fsp3) is 0.231. The highest BCUT2D eigenvalue weighted by Gasteiger charge is 2.36. The molecule has 1 aliphatic rings. The van der Waals surface area contributed by atoms with Crippen molar-refractivity contribution in [2.24, 2.45) is 0 Å². The Morgan fingerprint density at radius 1 is 1.03 bits per heavy atom. The summed E-state index contributed by atoms with van der Waals surface area (Å²) >= 11 is 6.14. The van der Waals surface area contributed by atoms with Gasteiger partial charge < -0.3 is 15.0 Å². The zero-order chi connectivity index (χ0) is 25.0. The molecule has 0 radical (unpaired) electrons. The maximum atomic E-state index is 13.6. The molecule has 7 nitrogen and oxygen atoms in total. The number of anilines is 1. The summed E-state index contributed by atoms with van der Waals surface area (Å²) in [5.74, 6) is -0.837. The number of fused-ring (bicyclic) bond motifs is 2. The van der Waals surface area contributed by atoms with E-state index in [1.54, 1.807) is 36.4 Å². The zero-order valence-electron chi connectivity index (χ0n) is 19.2. The summed E-state index contributed by atoms with van der Waals surface area (Å²) in [7, 11) is -4.01. The Kier molecular flexibility index (Phi) is 7.54. The van der Waals surface area contributed by atoms with Gasteiger partial charge in [-0.2, -0.15) is 0 Å². The number of hydrogen-bond donors (Lipinski definition) is 1. The second kappa shape index (κ2) is 10.6. The van der Waals surface area contributed by atoms with Crippen LogP contribution >= 0.6 is 11.6 Å². The lowest BCUT2D eigenvalue weighted by atomic mass is 10.1. The van der Waals surface area contributed by atoms with E-state index in [1.807, 2.05) is 6.92 Å². The SMILES string of the molecule is CCOCCCNC(=O)c1ccc2c(c1)N(Cc1cccc(Cl)c1)C(=O)c1ccccc1S2(=O)=O. The van der Waals surface area contributed by atoms with Crippen LogP contribution in [0, 0.1) is 0 Å². The van der Waals surface area contributed by atoms with Gasteiger partial charge in [0.15, 0.2) is 0 Å². The Morgan fingerprint density at radius 2 is 1.83 bits per heavy atom. The highest BCUT2D eigenvalue weighted by Crippen LogP contribution is 2.38. The molecule has 1 aliphatic heterocycles. The van der Waals surface area contributed by atoms with Crippen LogP contribution < -0.4 is 10.2 Å². The summed E-state index contributed by atoms with van der Waals surface area (Å²) in [5, 5.41) is 3.31. The molecule has 0 aromatic heterocycles. The number of ether oxygens (including phenoxy) is 1. The maximum Gasteiger partial charge on any atom is 0.259 e. The number of benzene rings is 3. The summed E-state index contributed by atoms with van der Waals surface area (Å²) in [6, 6.07) is 17.4. The number of rotatable bonds is 8. The molecule has 1 N–H and O–H groups in total. The number of hydrogen-bond acceptors (Lipinski definition) is 5. The van der Waals surface area contributed by atoms with Gasteiger partial charge in [0.1, 0.15) is 0 Å². The van der Waals surface area contributed by atoms with Crippen LogP contribution in [0.15, 0.2) is 76.5 Å². The molecule has 0 saturated heterocycles. The van der Waals surface area contributed by atoms with Gasteiger partial charge in [0.05, 0.1) is 27.6 Å². The quantitative estimate of drug-likeness (QED) is 0.449. The first-order valence-corrected chi connectivity index (χ1v) is 13.1. The Balaban J connectivity index is 1.77. The van der Waals surface area contributed by atoms with Crippen molar-refractivity contribution in [2.45, 2.75) is 29.7 Å². The molecule has 2 amide bonds. The molecule has 0 aliphatic carbocycles. The third-order valence-corrected chi connectivity index (χ3v) is 7.73. The number of halogens is 1. The lowest BCUT2D eigenvalue weighted by Gasteiger charge is -2.23. The minimum atomic E-state index is -4.01. The average molecular weight is 513 g/mol. The molecular formula is C26H25ClN2O5S. The van der Waals surface area contributed by atoms with Crippen molar-refractivity contribution >= 4 is 38.9 Å². The van der Waals surface area contributed by atoms with Crippen LogP contribution in [0.1, 0.15) is 39.6 Å². The van der Waals surface area contributed by atoms with Crippen molar-refractivity contribution in [3.05, 3.63) is 88.4 Å². The van der Waals surface area contributed by atoms with Crippen molar-refractivity contribution in [3.8, 4) is 0 Å². The molecule has 0 spiro atoms. The van der Waals surface area contributed by atoms with Crippen molar-refractivity contribution in [2.75, 3.05) is 24.7 Å². The molecule has 0 saturated carbocycles. The molecule has 3 aromatic rings. The monoisotopic (exact) mass is 512 g/mol. The summed E-state index contributed by atoms with van der Waals surface area (Å²) in [6.45, 7) is 3.52. The molecule has 3 aromatic carbocycles. The lowest BCUT2D eigenvalue weighted by molar-refractivity contribution is 0.0941. The molecule has 0 unspecified atom stereocenters. The van der Waals surface area contributed by atoms with E-state index in [1.165, 1.54) is 35.2 Å². The van der Waals surface area contributed by atoms with E-state index in [0.717, 1.165) is 5.56 Å². The van der Waals surface area contributed by atoms with E-state index in [-0.39, 0.29) is 39.1 Å². The number of nitrogens with one attached hydrogen (secondary N) is 1. The van der Waals surface area contributed by atoms with Crippen LogP contribution in [0.4, 0.5) is 5.69 Å². The minimum Gasteiger partial charge on any atom is -0.382 e. The predicted octanol–water partition coefficient (Wildman–Crippen LogP) is 4.49. The number of nitrogens with zero attached hydrogens (tertiary/aromatic N) is 1. The van der Waals surface area contributed by atoms with Crippen molar-refractivity contribution in [1.82, 2.24) is 5.32 Å². The van der Waals surface area contributed by atoms with Gasteiger partial charge in [0.25, 0.3) is 11.8 Å². The molecule has 35 heavy (non-hydrogen) atoms. The van der Waals surface area contributed by atoms with Gasteiger partial charge in [-0.25, -0.2) is 8.42 Å². The van der Waals surface area contributed by atoms with E-state index >= 15 is 0 Å². The van der Waals surface area contributed by atoms with Gasteiger partial charge in [-0.3, -0.25) is 9.59 Å². The van der Waals surface area contributed by atoms with Gasteiger partial charge in [-0.15, -0.1) is 0 Å². The van der Waals surface area contributed by atoms with Crippen LogP contribution in [0.2, 0.25) is 5.02 Å². The first kappa shape index (κ1) is 24.9. The Labute approximate surface area is 209 Å². The Bertz CT molecular complexity index is 1370. The lowest BCUT2D eigenvalue weighted by Crippen LogP contribution is -2.31. The maximum absolute atomic E-state index is 13.6. The molecular weight excluding hydrogens is 488 g/mol. The number of carbonyl (C=O) groups excluding carboxylic acids is 2. The van der Waals surface area contributed by atoms with Crippen LogP contribution in [0.3, 0.4) is 0 Å². The number of carbonyl (C=O) groups is 2. The normalized spacial score (nSPS) is 14.1. The highest BCUT2D eigenvalue weighted by atomic mass is 35.5. The summed E-state index contributed by atoms with van der Waals surface area (Å²) in [6.07, 6.45) is 0.646. The zero-order valence-corrected chi connectivity index (χ0v) is 20.7. The van der Waals surface area contributed by atoms with Crippen molar-refractivity contribution in [1.29, 1.82) is 0 Å². The van der Waals surface area contributed by atoms with Gasteiger partial charge >= 0.3 is 0 Å². The van der Waals surface area contributed by atoms with Crippen LogP contribution in [-0.2, 0) is 21.1 Å². The van der Waals surface area contributed by atoms with E-state index in [0.29, 0.717) is 31.2 Å². The number of sulfone groups is 1. The smallest absolute Gasteiger partial charge is 0.259 e. The van der Waals surface area contributed by atoms with Gasteiger partial charge in [-0.1, -0.05) is 35.9 Å². The minimum absolute atomic E-state index is 0.0364. The molecule has 0 fully saturated rings. The van der Waals surface area contributed by atoms with Crippen molar-refractivity contribution < 1.29 is 22.7 Å². The molecule has 1 heterocycles. The fourth-order valence-corrected chi connectivity index (χ4v) is 5.79.